The number of amides is 1. The number of halogens is 2. The molecule has 0 spiro atoms. The lowest BCUT2D eigenvalue weighted by Gasteiger charge is -2.35. The topological polar surface area (TPSA) is 101 Å². The maximum absolute atomic E-state index is 14.4. The lowest BCUT2D eigenvalue weighted by Crippen LogP contribution is -2.51. The predicted molar refractivity (Wildman–Crippen MR) is 102 cm³/mol. The summed E-state index contributed by atoms with van der Waals surface area (Å²) in [4.78, 5) is 15.5. The van der Waals surface area contributed by atoms with E-state index in [2.05, 4.69) is 20.7 Å². The molecular formula is C19H27F2N5O3. The van der Waals surface area contributed by atoms with E-state index in [0.29, 0.717) is 0 Å². The SMILES string of the molecule is C[C@@H](NCCNC(=O)OC(C)(C)C)[C@](O)(Cn1cncn1)c1ccc(F)cc1F. The minimum absolute atomic E-state index is 0.0745. The van der Waals surface area contributed by atoms with Crippen molar-refractivity contribution >= 4 is 6.09 Å². The van der Waals surface area contributed by atoms with Crippen molar-refractivity contribution in [2.75, 3.05) is 13.1 Å². The Bertz CT molecular complexity index is 811. The van der Waals surface area contributed by atoms with Crippen molar-refractivity contribution in [1.29, 1.82) is 0 Å². The molecule has 1 aromatic heterocycles. The monoisotopic (exact) mass is 411 g/mol. The molecule has 10 heteroatoms. The fourth-order valence-corrected chi connectivity index (χ4v) is 2.79. The number of rotatable bonds is 8. The Kier molecular flexibility index (Phi) is 7.26. The highest BCUT2D eigenvalue weighted by Gasteiger charge is 2.39. The standard InChI is InChI=1S/C19H27F2N5O3/c1-13(23-7-8-24-17(27)29-18(2,3)4)19(28,10-26-12-22-11-25-26)15-6-5-14(20)9-16(15)21/h5-6,9,11-13,23,28H,7-8,10H2,1-4H3,(H,24,27)/t13-,19-/m1/s1. The number of carbonyl (C=O) groups is 1. The zero-order valence-electron chi connectivity index (χ0n) is 16.9. The van der Waals surface area contributed by atoms with Gasteiger partial charge < -0.3 is 20.5 Å². The number of nitrogens with zero attached hydrogens (tertiary/aromatic N) is 3. The van der Waals surface area contributed by atoms with Gasteiger partial charge in [0.15, 0.2) is 0 Å². The van der Waals surface area contributed by atoms with Crippen LogP contribution in [0.3, 0.4) is 0 Å². The van der Waals surface area contributed by atoms with Gasteiger partial charge in [-0.3, -0.25) is 0 Å². The summed E-state index contributed by atoms with van der Waals surface area (Å²) < 4.78 is 34.3. The van der Waals surface area contributed by atoms with Crippen molar-refractivity contribution in [3.05, 3.63) is 48.1 Å². The van der Waals surface area contributed by atoms with Gasteiger partial charge in [-0.15, -0.1) is 0 Å². The molecule has 0 radical (unpaired) electrons. The maximum Gasteiger partial charge on any atom is 0.407 e. The van der Waals surface area contributed by atoms with E-state index in [9.17, 15) is 18.7 Å². The van der Waals surface area contributed by atoms with Crippen LogP contribution in [0.15, 0.2) is 30.9 Å². The number of alkyl carbamates (subject to hydrolysis) is 1. The second-order valence-electron chi connectivity index (χ2n) is 7.75. The summed E-state index contributed by atoms with van der Waals surface area (Å²) in [6.45, 7) is 7.33. The number of benzene rings is 1. The molecule has 2 rings (SSSR count). The van der Waals surface area contributed by atoms with Crippen molar-refractivity contribution in [3.63, 3.8) is 0 Å². The van der Waals surface area contributed by atoms with Crippen molar-refractivity contribution in [2.45, 2.75) is 51.5 Å². The normalized spacial score (nSPS) is 14.9. The molecule has 160 valence electrons. The second kappa shape index (κ2) is 9.27. The summed E-state index contributed by atoms with van der Waals surface area (Å²) in [5, 5.41) is 20.9. The number of carbonyl (C=O) groups excluding carboxylic acids is 1. The number of hydrogen-bond acceptors (Lipinski definition) is 6. The van der Waals surface area contributed by atoms with Crippen LogP contribution in [0, 0.1) is 11.6 Å². The molecule has 1 heterocycles. The first-order valence-corrected chi connectivity index (χ1v) is 9.22. The van der Waals surface area contributed by atoms with Crippen molar-refractivity contribution in [3.8, 4) is 0 Å². The van der Waals surface area contributed by atoms with Gasteiger partial charge in [-0.2, -0.15) is 5.10 Å². The maximum atomic E-state index is 14.4. The van der Waals surface area contributed by atoms with Gasteiger partial charge in [-0.1, -0.05) is 6.07 Å². The molecule has 3 N–H and O–H groups in total. The molecule has 1 amide bonds. The average molecular weight is 411 g/mol. The molecule has 0 fully saturated rings. The van der Waals surface area contributed by atoms with Gasteiger partial charge in [-0.25, -0.2) is 23.2 Å². The van der Waals surface area contributed by atoms with Crippen LogP contribution >= 0.6 is 0 Å². The van der Waals surface area contributed by atoms with Crippen LogP contribution in [0.5, 0.6) is 0 Å². The van der Waals surface area contributed by atoms with Crippen LogP contribution in [-0.2, 0) is 16.9 Å². The molecule has 0 unspecified atom stereocenters. The summed E-state index contributed by atoms with van der Waals surface area (Å²) in [5.41, 5.74) is -2.44. The predicted octanol–water partition coefficient (Wildman–Crippen LogP) is 1.95. The number of hydrogen-bond donors (Lipinski definition) is 3. The lowest BCUT2D eigenvalue weighted by atomic mass is 9.86. The Balaban J connectivity index is 2.07. The quantitative estimate of drug-likeness (QED) is 0.574. The molecule has 29 heavy (non-hydrogen) atoms. The summed E-state index contributed by atoms with van der Waals surface area (Å²) in [5.74, 6) is -1.61. The zero-order chi connectivity index (χ0) is 21.7. The van der Waals surface area contributed by atoms with Crippen LogP contribution < -0.4 is 10.6 Å². The Labute approximate surface area is 168 Å². The first-order chi connectivity index (χ1) is 13.5. The molecule has 2 atom stereocenters. The van der Waals surface area contributed by atoms with E-state index < -0.39 is 35.0 Å². The molecule has 1 aromatic carbocycles. The average Bonchev–Trinajstić information content (AvgIpc) is 3.09. The molecule has 0 saturated heterocycles. The molecule has 0 aliphatic heterocycles. The third-order valence-electron chi connectivity index (χ3n) is 4.23. The summed E-state index contributed by atoms with van der Waals surface area (Å²) >= 11 is 0. The third-order valence-corrected chi connectivity index (χ3v) is 4.23. The van der Waals surface area contributed by atoms with E-state index in [-0.39, 0.29) is 25.2 Å². The largest absolute Gasteiger partial charge is 0.444 e. The minimum Gasteiger partial charge on any atom is -0.444 e. The molecule has 0 aliphatic rings. The molecular weight excluding hydrogens is 384 g/mol. The Morgan fingerprint density at radius 1 is 1.31 bits per heavy atom. The van der Waals surface area contributed by atoms with Crippen molar-refractivity contribution in [1.82, 2.24) is 25.4 Å². The number of aromatic nitrogens is 3. The molecule has 8 nitrogen and oxygen atoms in total. The summed E-state index contributed by atoms with van der Waals surface area (Å²) in [6, 6.07) is 2.34. The molecule has 0 saturated carbocycles. The lowest BCUT2D eigenvalue weighted by molar-refractivity contribution is -0.0198. The summed E-state index contributed by atoms with van der Waals surface area (Å²) in [7, 11) is 0. The fraction of sp³-hybridized carbons (Fsp3) is 0.526. The Hall–Kier alpha value is -2.59. The van der Waals surface area contributed by atoms with Crippen LogP contribution in [0.25, 0.3) is 0 Å². The fourth-order valence-electron chi connectivity index (χ4n) is 2.79. The highest BCUT2D eigenvalue weighted by Crippen LogP contribution is 2.30. The molecule has 0 aliphatic carbocycles. The highest BCUT2D eigenvalue weighted by atomic mass is 19.1. The minimum atomic E-state index is -1.75. The van der Waals surface area contributed by atoms with Gasteiger partial charge in [0.2, 0.25) is 0 Å². The third kappa shape index (κ3) is 6.47. The van der Waals surface area contributed by atoms with Crippen LogP contribution in [0.2, 0.25) is 0 Å². The van der Waals surface area contributed by atoms with Crippen LogP contribution in [0.1, 0.15) is 33.3 Å². The van der Waals surface area contributed by atoms with E-state index in [0.717, 1.165) is 12.1 Å². The van der Waals surface area contributed by atoms with Crippen LogP contribution in [-0.4, -0.2) is 50.7 Å². The van der Waals surface area contributed by atoms with Gasteiger partial charge >= 0.3 is 6.09 Å². The van der Waals surface area contributed by atoms with E-state index in [1.165, 1.54) is 23.4 Å². The van der Waals surface area contributed by atoms with Crippen molar-refractivity contribution in [2.24, 2.45) is 0 Å². The first-order valence-electron chi connectivity index (χ1n) is 9.22. The Morgan fingerprint density at radius 2 is 2.03 bits per heavy atom. The number of nitrogens with one attached hydrogen (secondary N) is 2. The number of ether oxygens (including phenoxy) is 1. The van der Waals surface area contributed by atoms with Gasteiger partial charge in [0.25, 0.3) is 0 Å². The highest BCUT2D eigenvalue weighted by molar-refractivity contribution is 5.67. The van der Waals surface area contributed by atoms with Crippen molar-refractivity contribution < 1.29 is 23.4 Å². The van der Waals surface area contributed by atoms with Gasteiger partial charge in [0, 0.05) is 30.8 Å². The van der Waals surface area contributed by atoms with E-state index >= 15 is 0 Å². The molecule has 2 aromatic rings. The van der Waals surface area contributed by atoms with E-state index in [1.807, 2.05) is 0 Å². The summed E-state index contributed by atoms with van der Waals surface area (Å²) in [6.07, 6.45) is 2.13. The van der Waals surface area contributed by atoms with Crippen LogP contribution in [0.4, 0.5) is 13.6 Å². The molecule has 0 bridgehead atoms. The first kappa shape index (κ1) is 22.7. The number of aliphatic hydroxyl groups is 1. The van der Waals surface area contributed by atoms with E-state index in [4.69, 9.17) is 4.74 Å². The van der Waals surface area contributed by atoms with Gasteiger partial charge in [-0.05, 0) is 33.8 Å². The van der Waals surface area contributed by atoms with Gasteiger partial charge in [0.1, 0.15) is 35.5 Å². The van der Waals surface area contributed by atoms with Gasteiger partial charge in [0.05, 0.1) is 6.54 Å². The second-order valence-corrected chi connectivity index (χ2v) is 7.75. The smallest absolute Gasteiger partial charge is 0.407 e. The Morgan fingerprint density at radius 3 is 2.62 bits per heavy atom. The zero-order valence-corrected chi connectivity index (χ0v) is 16.9. The van der Waals surface area contributed by atoms with E-state index in [1.54, 1.807) is 27.7 Å².